The molecule has 1 aliphatic rings. The Morgan fingerprint density at radius 3 is 2.51 bits per heavy atom. The Morgan fingerprint density at radius 1 is 1.03 bits per heavy atom. The van der Waals surface area contributed by atoms with Crippen LogP contribution in [0.1, 0.15) is 87.0 Å². The number of hydrogen-bond acceptors (Lipinski definition) is 5. The molecule has 0 saturated heterocycles. The van der Waals surface area contributed by atoms with E-state index >= 15 is 0 Å². The average molecular weight is 477 g/mol. The highest BCUT2D eigenvalue weighted by molar-refractivity contribution is 6.02. The van der Waals surface area contributed by atoms with Gasteiger partial charge in [-0.3, -0.25) is 4.79 Å². The van der Waals surface area contributed by atoms with Crippen LogP contribution in [0.3, 0.4) is 0 Å². The number of aryl methyl sites for hydroxylation is 2. The minimum absolute atomic E-state index is 0.0234. The molecule has 0 saturated carbocycles. The number of amides is 1. The number of nitrogens with one attached hydrogen (secondary N) is 1. The molecule has 0 aliphatic heterocycles. The van der Waals surface area contributed by atoms with Crippen LogP contribution in [0.25, 0.3) is 22.5 Å². The molecule has 1 heterocycles. The minimum Gasteiger partial charge on any atom is -0.508 e. The zero-order chi connectivity index (χ0) is 25.3. The number of hydrogen-bond donors (Lipinski definition) is 3. The number of benzene rings is 2. The largest absolute Gasteiger partial charge is 0.508 e. The van der Waals surface area contributed by atoms with Crippen molar-refractivity contribution in [1.82, 2.24) is 10.5 Å². The number of carbonyl (C=O) groups is 1. The number of carbonyl (C=O) groups excluding carboxylic acids is 1. The Kier molecular flexibility index (Phi) is 7.20. The van der Waals surface area contributed by atoms with Gasteiger partial charge in [0, 0.05) is 12.1 Å². The lowest BCUT2D eigenvalue weighted by molar-refractivity contribution is 0.0934. The molecule has 186 valence electrons. The number of phenolic OH excluding ortho intramolecular Hbond substituents is 2. The highest BCUT2D eigenvalue weighted by Gasteiger charge is 2.28. The summed E-state index contributed by atoms with van der Waals surface area (Å²) in [4.78, 5) is 13.1. The molecule has 0 radical (unpaired) electrons. The van der Waals surface area contributed by atoms with Crippen LogP contribution in [0.2, 0.25) is 0 Å². The summed E-state index contributed by atoms with van der Waals surface area (Å²) in [6.45, 7) is 10.0. The van der Waals surface area contributed by atoms with E-state index in [1.807, 2.05) is 33.8 Å². The predicted octanol–water partition coefficient (Wildman–Crippen LogP) is 6.59. The van der Waals surface area contributed by atoms with E-state index in [1.54, 1.807) is 6.07 Å². The van der Waals surface area contributed by atoms with Gasteiger partial charge in [-0.05, 0) is 79.7 Å². The summed E-state index contributed by atoms with van der Waals surface area (Å²) in [7, 11) is 0. The SMILES string of the molecule is CC1CCCc2ccc(-c3c(C(=O)NC(C)C)noc3-c3cc(C(C)C)c(O)cc3O)cc2CC1. The topological polar surface area (TPSA) is 95.6 Å². The maximum absolute atomic E-state index is 13.1. The van der Waals surface area contributed by atoms with Crippen LogP contribution in [0.4, 0.5) is 0 Å². The Morgan fingerprint density at radius 2 is 1.80 bits per heavy atom. The summed E-state index contributed by atoms with van der Waals surface area (Å²) in [6.07, 6.45) is 5.58. The summed E-state index contributed by atoms with van der Waals surface area (Å²) in [5.41, 5.74) is 5.29. The van der Waals surface area contributed by atoms with Gasteiger partial charge in [-0.1, -0.05) is 50.5 Å². The van der Waals surface area contributed by atoms with Crippen LogP contribution < -0.4 is 5.32 Å². The first kappa shape index (κ1) is 24.8. The number of aromatic nitrogens is 1. The van der Waals surface area contributed by atoms with E-state index in [9.17, 15) is 15.0 Å². The van der Waals surface area contributed by atoms with Gasteiger partial charge in [0.15, 0.2) is 11.5 Å². The first-order valence-corrected chi connectivity index (χ1v) is 12.6. The van der Waals surface area contributed by atoms with E-state index in [4.69, 9.17) is 4.52 Å². The Labute approximate surface area is 207 Å². The van der Waals surface area contributed by atoms with Gasteiger partial charge < -0.3 is 20.1 Å². The van der Waals surface area contributed by atoms with Crippen molar-refractivity contribution in [1.29, 1.82) is 0 Å². The fourth-order valence-corrected chi connectivity index (χ4v) is 4.91. The Bertz CT molecular complexity index is 1230. The fourth-order valence-electron chi connectivity index (χ4n) is 4.91. The van der Waals surface area contributed by atoms with Crippen molar-refractivity contribution in [3.05, 3.63) is 52.7 Å². The lowest BCUT2D eigenvalue weighted by Gasteiger charge is -2.19. The van der Waals surface area contributed by atoms with Gasteiger partial charge in [0.1, 0.15) is 11.5 Å². The molecule has 1 atom stereocenters. The summed E-state index contributed by atoms with van der Waals surface area (Å²) in [5, 5.41) is 28.2. The first-order chi connectivity index (χ1) is 16.7. The predicted molar refractivity (Wildman–Crippen MR) is 138 cm³/mol. The zero-order valence-electron chi connectivity index (χ0n) is 21.3. The van der Waals surface area contributed by atoms with Gasteiger partial charge in [-0.25, -0.2) is 0 Å². The molecule has 0 spiro atoms. The molecule has 1 amide bonds. The average Bonchev–Trinajstić information content (AvgIpc) is 3.21. The maximum atomic E-state index is 13.1. The zero-order valence-corrected chi connectivity index (χ0v) is 21.3. The van der Waals surface area contributed by atoms with E-state index in [0.717, 1.165) is 24.8 Å². The molecule has 35 heavy (non-hydrogen) atoms. The molecule has 6 heteroatoms. The van der Waals surface area contributed by atoms with Gasteiger partial charge >= 0.3 is 0 Å². The van der Waals surface area contributed by atoms with E-state index < -0.39 is 0 Å². The van der Waals surface area contributed by atoms with Crippen molar-refractivity contribution in [2.75, 3.05) is 0 Å². The van der Waals surface area contributed by atoms with Crippen molar-refractivity contribution in [2.24, 2.45) is 5.92 Å². The molecular formula is C29H36N2O4. The summed E-state index contributed by atoms with van der Waals surface area (Å²) < 4.78 is 5.75. The summed E-state index contributed by atoms with van der Waals surface area (Å²) in [6, 6.07) is 9.30. The minimum atomic E-state index is -0.326. The van der Waals surface area contributed by atoms with Crippen LogP contribution >= 0.6 is 0 Å². The van der Waals surface area contributed by atoms with Gasteiger partial charge in [-0.2, -0.15) is 0 Å². The first-order valence-electron chi connectivity index (χ1n) is 12.6. The monoisotopic (exact) mass is 476 g/mol. The molecular weight excluding hydrogens is 440 g/mol. The highest BCUT2D eigenvalue weighted by Crippen LogP contribution is 2.43. The second-order valence-corrected chi connectivity index (χ2v) is 10.5. The van der Waals surface area contributed by atoms with Gasteiger partial charge in [0.2, 0.25) is 0 Å². The van der Waals surface area contributed by atoms with Crippen molar-refractivity contribution in [2.45, 2.75) is 78.7 Å². The molecule has 4 rings (SSSR count). The quantitative estimate of drug-likeness (QED) is 0.386. The molecule has 3 N–H and O–H groups in total. The maximum Gasteiger partial charge on any atom is 0.274 e. The summed E-state index contributed by atoms with van der Waals surface area (Å²) >= 11 is 0. The smallest absolute Gasteiger partial charge is 0.274 e. The van der Waals surface area contributed by atoms with Crippen LogP contribution in [-0.4, -0.2) is 27.3 Å². The number of aromatic hydroxyl groups is 2. The lowest BCUT2D eigenvalue weighted by Crippen LogP contribution is -2.30. The van der Waals surface area contributed by atoms with E-state index in [0.29, 0.717) is 28.4 Å². The normalized spacial score (nSPS) is 16.1. The van der Waals surface area contributed by atoms with Crippen molar-refractivity contribution in [3.63, 3.8) is 0 Å². The van der Waals surface area contributed by atoms with Gasteiger partial charge in [0.05, 0.1) is 11.1 Å². The number of fused-ring (bicyclic) bond motifs is 1. The fraction of sp³-hybridized carbons (Fsp3) is 0.448. The number of nitrogens with zero attached hydrogens (tertiary/aromatic N) is 1. The second-order valence-electron chi connectivity index (χ2n) is 10.5. The molecule has 0 bridgehead atoms. The second kappa shape index (κ2) is 10.1. The number of rotatable bonds is 5. The molecule has 1 aromatic heterocycles. The van der Waals surface area contributed by atoms with Crippen molar-refractivity contribution >= 4 is 5.91 Å². The van der Waals surface area contributed by atoms with E-state index in [-0.39, 0.29) is 35.1 Å². The van der Waals surface area contributed by atoms with Crippen LogP contribution in [0, 0.1) is 5.92 Å². The standard InChI is InChI=1S/C29H36N2O4/c1-16(2)22-14-23(25(33)15-24(22)32)28-26(27(31-35-28)29(34)30-17(3)4)21-12-11-19-8-6-7-18(5)9-10-20(19)13-21/h11-18,32-33H,6-10H2,1-5H3,(H,30,34). The molecule has 1 unspecified atom stereocenters. The third kappa shape index (κ3) is 5.21. The third-order valence-electron chi connectivity index (χ3n) is 6.88. The van der Waals surface area contributed by atoms with E-state index in [2.05, 4.69) is 29.5 Å². The van der Waals surface area contributed by atoms with Crippen LogP contribution in [-0.2, 0) is 12.8 Å². The molecule has 2 aromatic carbocycles. The molecule has 3 aromatic rings. The Hall–Kier alpha value is -3.28. The molecule has 6 nitrogen and oxygen atoms in total. The lowest BCUT2D eigenvalue weighted by atomic mass is 9.86. The van der Waals surface area contributed by atoms with E-state index in [1.165, 1.54) is 30.0 Å². The van der Waals surface area contributed by atoms with Gasteiger partial charge in [0.25, 0.3) is 5.91 Å². The molecule has 0 fully saturated rings. The van der Waals surface area contributed by atoms with Crippen molar-refractivity contribution < 1.29 is 19.5 Å². The van der Waals surface area contributed by atoms with Crippen molar-refractivity contribution in [3.8, 4) is 33.9 Å². The highest BCUT2D eigenvalue weighted by atomic mass is 16.5. The molecule has 1 aliphatic carbocycles. The van der Waals surface area contributed by atoms with Crippen LogP contribution in [0.5, 0.6) is 11.5 Å². The summed E-state index contributed by atoms with van der Waals surface area (Å²) in [5.74, 6) is 0.609. The van der Waals surface area contributed by atoms with Crippen LogP contribution in [0.15, 0.2) is 34.9 Å². The third-order valence-corrected chi connectivity index (χ3v) is 6.88. The Balaban J connectivity index is 1.90. The van der Waals surface area contributed by atoms with Gasteiger partial charge in [-0.15, -0.1) is 0 Å². The number of phenols is 2.